The van der Waals surface area contributed by atoms with Crippen molar-refractivity contribution in [2.45, 2.75) is 31.9 Å². The van der Waals surface area contributed by atoms with Crippen LogP contribution in [0.25, 0.3) is 0 Å². The van der Waals surface area contributed by atoms with Gasteiger partial charge in [-0.1, -0.05) is 6.07 Å². The lowest BCUT2D eigenvalue weighted by molar-refractivity contribution is 0.153. The highest BCUT2D eigenvalue weighted by atomic mass is 16.3. The summed E-state index contributed by atoms with van der Waals surface area (Å²) in [6, 6.07) is 3.89. The monoisotopic (exact) mass is 221 g/mol. The predicted molar refractivity (Wildman–Crippen MR) is 64.3 cm³/mol. The summed E-state index contributed by atoms with van der Waals surface area (Å²) in [5.41, 5.74) is 6.98. The van der Waals surface area contributed by atoms with Gasteiger partial charge in [0.2, 0.25) is 0 Å². The van der Waals surface area contributed by atoms with Gasteiger partial charge in [-0.15, -0.1) is 0 Å². The van der Waals surface area contributed by atoms with Crippen molar-refractivity contribution in [1.82, 2.24) is 4.98 Å². The second-order valence-electron chi connectivity index (χ2n) is 4.45. The first-order chi connectivity index (χ1) is 7.68. The summed E-state index contributed by atoms with van der Waals surface area (Å²) < 4.78 is 0. The molecule has 1 aromatic heterocycles. The Kier molecular flexibility index (Phi) is 3.41. The van der Waals surface area contributed by atoms with Gasteiger partial charge in [-0.3, -0.25) is 0 Å². The minimum atomic E-state index is -0.239. The van der Waals surface area contributed by atoms with Gasteiger partial charge in [0.25, 0.3) is 0 Å². The molecule has 0 aromatic carbocycles. The fourth-order valence-corrected chi connectivity index (χ4v) is 2.18. The number of hydrogen-bond acceptors (Lipinski definition) is 4. The lowest BCUT2D eigenvalue weighted by Crippen LogP contribution is -2.39. The van der Waals surface area contributed by atoms with Gasteiger partial charge in [0.1, 0.15) is 5.82 Å². The highest BCUT2D eigenvalue weighted by Crippen LogP contribution is 2.25. The lowest BCUT2D eigenvalue weighted by Gasteiger charge is -2.32. The van der Waals surface area contributed by atoms with Crippen molar-refractivity contribution in [2.24, 2.45) is 5.73 Å². The quantitative estimate of drug-likeness (QED) is 0.784. The van der Waals surface area contributed by atoms with Gasteiger partial charge >= 0.3 is 0 Å². The molecule has 0 bridgehead atoms. The normalized spacial score (nSPS) is 23.2. The fraction of sp³-hybridized carbons (Fsp3) is 0.583. The van der Waals surface area contributed by atoms with E-state index < -0.39 is 0 Å². The molecule has 2 atom stereocenters. The van der Waals surface area contributed by atoms with Gasteiger partial charge in [0.15, 0.2) is 0 Å². The van der Waals surface area contributed by atoms with Crippen LogP contribution in [0.1, 0.15) is 31.4 Å². The molecule has 0 radical (unpaired) electrons. The van der Waals surface area contributed by atoms with Gasteiger partial charge < -0.3 is 15.7 Å². The molecule has 2 rings (SSSR count). The molecule has 0 spiro atoms. The molecular weight excluding hydrogens is 202 g/mol. The Morgan fingerprint density at radius 1 is 1.62 bits per heavy atom. The molecule has 1 fully saturated rings. The van der Waals surface area contributed by atoms with Crippen LogP contribution in [0.5, 0.6) is 0 Å². The summed E-state index contributed by atoms with van der Waals surface area (Å²) in [5.74, 6) is 0.927. The van der Waals surface area contributed by atoms with E-state index in [0.29, 0.717) is 6.54 Å². The van der Waals surface area contributed by atoms with Crippen molar-refractivity contribution < 1.29 is 5.11 Å². The van der Waals surface area contributed by atoms with Crippen LogP contribution in [0.4, 0.5) is 5.82 Å². The molecule has 0 amide bonds. The van der Waals surface area contributed by atoms with Crippen LogP contribution in [-0.4, -0.2) is 29.3 Å². The molecule has 2 heterocycles. The molecule has 0 aliphatic carbocycles. The number of aliphatic hydroxyl groups is 1. The third kappa shape index (κ3) is 2.33. The highest BCUT2D eigenvalue weighted by molar-refractivity contribution is 5.48. The van der Waals surface area contributed by atoms with Crippen LogP contribution >= 0.6 is 0 Å². The summed E-state index contributed by atoms with van der Waals surface area (Å²) in [4.78, 5) is 6.52. The van der Waals surface area contributed by atoms with E-state index in [1.807, 2.05) is 19.1 Å². The molecule has 88 valence electrons. The first-order valence-electron chi connectivity index (χ1n) is 5.82. The van der Waals surface area contributed by atoms with Crippen LogP contribution in [0, 0.1) is 0 Å². The average Bonchev–Trinajstić information content (AvgIpc) is 2.29. The summed E-state index contributed by atoms with van der Waals surface area (Å²) >= 11 is 0. The topological polar surface area (TPSA) is 62.4 Å². The molecule has 4 nitrogen and oxygen atoms in total. The van der Waals surface area contributed by atoms with Crippen molar-refractivity contribution in [3.63, 3.8) is 0 Å². The molecule has 1 saturated heterocycles. The zero-order valence-electron chi connectivity index (χ0n) is 9.63. The first kappa shape index (κ1) is 11.4. The second-order valence-corrected chi connectivity index (χ2v) is 4.45. The van der Waals surface area contributed by atoms with Crippen LogP contribution in [0.3, 0.4) is 0 Å². The Morgan fingerprint density at radius 3 is 3.12 bits per heavy atom. The molecule has 4 heteroatoms. The Balaban J connectivity index is 2.25. The molecule has 16 heavy (non-hydrogen) atoms. The number of pyridine rings is 1. The second kappa shape index (κ2) is 4.80. The van der Waals surface area contributed by atoms with E-state index in [1.54, 1.807) is 6.20 Å². The largest absolute Gasteiger partial charge is 0.391 e. The standard InChI is InChI=1S/C12H19N3O/c1-9(13)11-5-2-6-14-12(11)15-7-3-4-10(16)8-15/h2,5-6,9-10,16H,3-4,7-8,13H2,1H3. The number of β-amino-alcohol motifs (C(OH)–C–C–N with tert-alkyl or cyclic N) is 1. The van der Waals surface area contributed by atoms with Crippen LogP contribution < -0.4 is 10.6 Å². The third-order valence-corrected chi connectivity index (χ3v) is 3.00. The van der Waals surface area contributed by atoms with E-state index in [-0.39, 0.29) is 12.1 Å². The summed E-state index contributed by atoms with van der Waals surface area (Å²) in [7, 11) is 0. The minimum absolute atomic E-state index is 0.0252. The number of rotatable bonds is 2. The van der Waals surface area contributed by atoms with Crippen LogP contribution in [-0.2, 0) is 0 Å². The van der Waals surface area contributed by atoms with Gasteiger partial charge in [-0.25, -0.2) is 4.98 Å². The van der Waals surface area contributed by atoms with Gasteiger partial charge in [-0.05, 0) is 25.8 Å². The number of nitrogens with two attached hydrogens (primary N) is 1. The highest BCUT2D eigenvalue weighted by Gasteiger charge is 2.21. The van der Waals surface area contributed by atoms with Crippen molar-refractivity contribution in [3.05, 3.63) is 23.9 Å². The van der Waals surface area contributed by atoms with Crippen molar-refractivity contribution >= 4 is 5.82 Å². The summed E-state index contributed by atoms with van der Waals surface area (Å²) in [6.45, 7) is 3.57. The van der Waals surface area contributed by atoms with E-state index in [4.69, 9.17) is 5.73 Å². The molecule has 2 unspecified atom stereocenters. The molecule has 1 aliphatic rings. The zero-order chi connectivity index (χ0) is 11.5. The Labute approximate surface area is 96.1 Å². The van der Waals surface area contributed by atoms with Crippen LogP contribution in [0.2, 0.25) is 0 Å². The fourth-order valence-electron chi connectivity index (χ4n) is 2.18. The molecule has 1 aliphatic heterocycles. The van der Waals surface area contributed by atoms with E-state index >= 15 is 0 Å². The molecule has 1 aromatic rings. The molecule has 0 saturated carbocycles. The lowest BCUT2D eigenvalue weighted by atomic mass is 10.1. The van der Waals surface area contributed by atoms with Crippen LogP contribution in [0.15, 0.2) is 18.3 Å². The Hall–Kier alpha value is -1.13. The maximum Gasteiger partial charge on any atom is 0.133 e. The number of anilines is 1. The maximum atomic E-state index is 9.67. The van der Waals surface area contributed by atoms with Gasteiger partial charge in [-0.2, -0.15) is 0 Å². The number of piperidine rings is 1. The van der Waals surface area contributed by atoms with Gasteiger partial charge in [0.05, 0.1) is 6.10 Å². The van der Waals surface area contributed by atoms with E-state index in [9.17, 15) is 5.11 Å². The Bertz CT molecular complexity index is 354. The van der Waals surface area contributed by atoms with Crippen molar-refractivity contribution in [3.8, 4) is 0 Å². The molecule has 3 N–H and O–H groups in total. The predicted octanol–water partition coefficient (Wildman–Crippen LogP) is 1.06. The third-order valence-electron chi connectivity index (χ3n) is 3.00. The number of hydrogen-bond donors (Lipinski definition) is 2. The van der Waals surface area contributed by atoms with Crippen molar-refractivity contribution in [1.29, 1.82) is 0 Å². The zero-order valence-corrected chi connectivity index (χ0v) is 9.63. The van der Waals surface area contributed by atoms with E-state index in [2.05, 4.69) is 9.88 Å². The minimum Gasteiger partial charge on any atom is -0.391 e. The average molecular weight is 221 g/mol. The summed E-state index contributed by atoms with van der Waals surface area (Å²) in [5, 5.41) is 9.67. The first-order valence-corrected chi connectivity index (χ1v) is 5.82. The smallest absolute Gasteiger partial charge is 0.133 e. The number of aliphatic hydroxyl groups excluding tert-OH is 1. The summed E-state index contributed by atoms with van der Waals surface area (Å²) in [6.07, 6.45) is 3.44. The number of nitrogens with zero attached hydrogens (tertiary/aromatic N) is 2. The van der Waals surface area contributed by atoms with E-state index in [0.717, 1.165) is 30.8 Å². The van der Waals surface area contributed by atoms with Crippen molar-refractivity contribution in [2.75, 3.05) is 18.0 Å². The maximum absolute atomic E-state index is 9.67. The SMILES string of the molecule is CC(N)c1cccnc1N1CCCC(O)C1. The van der Waals surface area contributed by atoms with Gasteiger partial charge in [0, 0.05) is 30.9 Å². The van der Waals surface area contributed by atoms with E-state index in [1.165, 1.54) is 0 Å². The Morgan fingerprint density at radius 2 is 2.44 bits per heavy atom. The molecular formula is C12H19N3O. The number of aromatic nitrogens is 1.